The molecule has 3 unspecified atom stereocenters. The molecule has 0 aliphatic carbocycles. The summed E-state index contributed by atoms with van der Waals surface area (Å²) >= 11 is 0. The van der Waals surface area contributed by atoms with Crippen LogP contribution in [0.15, 0.2) is 12.2 Å². The number of hydrogen-bond acceptors (Lipinski definition) is 4. The van der Waals surface area contributed by atoms with Crippen molar-refractivity contribution in [2.75, 3.05) is 7.11 Å². The van der Waals surface area contributed by atoms with Gasteiger partial charge in [-0.1, -0.05) is 64.0 Å². The molecule has 0 spiro atoms. The van der Waals surface area contributed by atoms with Crippen molar-refractivity contribution < 1.29 is 19.4 Å². The van der Waals surface area contributed by atoms with E-state index in [0.717, 1.165) is 38.5 Å². The minimum atomic E-state index is -0.703. The van der Waals surface area contributed by atoms with Gasteiger partial charge in [-0.25, -0.2) is 0 Å². The number of carbonyl (C=O) groups excluding carboxylic acids is 1. The fourth-order valence-electron chi connectivity index (χ4n) is 2.92. The Morgan fingerprint density at radius 2 is 1.88 bits per heavy atom. The van der Waals surface area contributed by atoms with Crippen LogP contribution in [-0.2, 0) is 14.3 Å². The monoisotopic (exact) mass is 340 g/mol. The third-order valence-electron chi connectivity index (χ3n) is 4.65. The number of hydrogen-bond donors (Lipinski definition) is 1. The van der Waals surface area contributed by atoms with E-state index < -0.39 is 5.60 Å². The standard InChI is InChI=1S/C20H36O4/c1-4-5-11-15-20(2,22)16-14-18-17(24-18)12-9-7-6-8-10-13-19(21)23-3/h14,16-18,22H,4-13,15H2,1-3H3/b16-14+. The van der Waals surface area contributed by atoms with Crippen LogP contribution in [0.4, 0.5) is 0 Å². The second kappa shape index (κ2) is 11.6. The van der Waals surface area contributed by atoms with Gasteiger partial charge in [-0.3, -0.25) is 4.79 Å². The Kier molecular flexibility index (Phi) is 10.3. The summed E-state index contributed by atoms with van der Waals surface area (Å²) in [7, 11) is 1.44. The summed E-state index contributed by atoms with van der Waals surface area (Å²) in [6.07, 6.45) is 15.9. The average Bonchev–Trinajstić information content (AvgIpc) is 3.30. The number of unbranched alkanes of at least 4 members (excludes halogenated alkanes) is 6. The maximum absolute atomic E-state index is 11.0. The van der Waals surface area contributed by atoms with Crippen molar-refractivity contribution in [1.29, 1.82) is 0 Å². The number of carbonyl (C=O) groups is 1. The molecule has 1 aliphatic heterocycles. The van der Waals surface area contributed by atoms with Gasteiger partial charge in [0, 0.05) is 6.42 Å². The molecule has 140 valence electrons. The molecule has 4 nitrogen and oxygen atoms in total. The maximum Gasteiger partial charge on any atom is 0.305 e. The first kappa shape index (κ1) is 21.2. The molecule has 0 radical (unpaired) electrons. The quantitative estimate of drug-likeness (QED) is 0.218. The SMILES string of the molecule is CCCCCC(C)(O)/C=C/C1OC1CCCCCCCC(=O)OC. The molecule has 0 aromatic carbocycles. The number of aliphatic hydroxyl groups is 1. The largest absolute Gasteiger partial charge is 0.469 e. The highest BCUT2D eigenvalue weighted by atomic mass is 16.6. The van der Waals surface area contributed by atoms with E-state index in [1.807, 2.05) is 19.1 Å². The van der Waals surface area contributed by atoms with Crippen LogP contribution in [0.3, 0.4) is 0 Å². The van der Waals surface area contributed by atoms with Gasteiger partial charge in [0.15, 0.2) is 0 Å². The molecule has 0 aromatic rings. The molecule has 3 atom stereocenters. The zero-order valence-electron chi connectivity index (χ0n) is 15.8. The van der Waals surface area contributed by atoms with Crippen LogP contribution in [0.2, 0.25) is 0 Å². The summed E-state index contributed by atoms with van der Waals surface area (Å²) < 4.78 is 10.3. The van der Waals surface area contributed by atoms with Crippen LogP contribution in [-0.4, -0.2) is 36.0 Å². The van der Waals surface area contributed by atoms with Gasteiger partial charge in [0.05, 0.1) is 18.8 Å². The molecule has 24 heavy (non-hydrogen) atoms. The summed E-state index contributed by atoms with van der Waals surface area (Å²) in [6.45, 7) is 4.05. The molecule has 0 amide bonds. The Morgan fingerprint density at radius 3 is 2.58 bits per heavy atom. The van der Waals surface area contributed by atoms with Crippen molar-refractivity contribution >= 4 is 5.97 Å². The zero-order valence-corrected chi connectivity index (χ0v) is 15.8. The van der Waals surface area contributed by atoms with Crippen molar-refractivity contribution in [3.63, 3.8) is 0 Å². The molecule has 1 N–H and O–H groups in total. The molecule has 1 aliphatic rings. The molecule has 4 heteroatoms. The van der Waals surface area contributed by atoms with E-state index in [1.54, 1.807) is 0 Å². The van der Waals surface area contributed by atoms with E-state index in [1.165, 1.54) is 32.8 Å². The maximum atomic E-state index is 11.0. The Labute approximate surface area is 147 Å². The third kappa shape index (κ3) is 10.1. The van der Waals surface area contributed by atoms with Gasteiger partial charge in [-0.15, -0.1) is 0 Å². The van der Waals surface area contributed by atoms with Gasteiger partial charge < -0.3 is 14.6 Å². The van der Waals surface area contributed by atoms with Crippen molar-refractivity contribution in [2.24, 2.45) is 0 Å². The van der Waals surface area contributed by atoms with E-state index in [-0.39, 0.29) is 12.1 Å². The molecule has 1 heterocycles. The lowest BCUT2D eigenvalue weighted by Gasteiger charge is -2.18. The van der Waals surface area contributed by atoms with Crippen molar-refractivity contribution in [2.45, 2.75) is 102 Å². The van der Waals surface area contributed by atoms with Crippen LogP contribution < -0.4 is 0 Å². The van der Waals surface area contributed by atoms with E-state index in [0.29, 0.717) is 12.5 Å². The van der Waals surface area contributed by atoms with E-state index in [2.05, 4.69) is 11.7 Å². The van der Waals surface area contributed by atoms with Crippen LogP contribution >= 0.6 is 0 Å². The Morgan fingerprint density at radius 1 is 1.17 bits per heavy atom. The predicted molar refractivity (Wildman–Crippen MR) is 96.9 cm³/mol. The molecule has 1 fully saturated rings. The van der Waals surface area contributed by atoms with Crippen molar-refractivity contribution in [3.05, 3.63) is 12.2 Å². The number of methoxy groups -OCH3 is 1. The topological polar surface area (TPSA) is 59.1 Å². The highest BCUT2D eigenvalue weighted by molar-refractivity contribution is 5.68. The number of ether oxygens (including phenoxy) is 2. The van der Waals surface area contributed by atoms with E-state index >= 15 is 0 Å². The van der Waals surface area contributed by atoms with Crippen LogP contribution in [0.5, 0.6) is 0 Å². The van der Waals surface area contributed by atoms with Crippen LogP contribution in [0.25, 0.3) is 0 Å². The van der Waals surface area contributed by atoms with Gasteiger partial charge >= 0.3 is 5.97 Å². The first-order valence-electron chi connectivity index (χ1n) is 9.62. The summed E-state index contributed by atoms with van der Waals surface area (Å²) in [4.78, 5) is 11.0. The van der Waals surface area contributed by atoms with Crippen LogP contribution in [0, 0.1) is 0 Å². The molecule has 0 aromatic heterocycles. The minimum Gasteiger partial charge on any atom is -0.469 e. The van der Waals surface area contributed by atoms with Gasteiger partial charge in [-0.2, -0.15) is 0 Å². The predicted octanol–water partition coefficient (Wildman–Crippen LogP) is 4.55. The smallest absolute Gasteiger partial charge is 0.305 e. The lowest BCUT2D eigenvalue weighted by molar-refractivity contribution is -0.140. The minimum absolute atomic E-state index is 0.110. The van der Waals surface area contributed by atoms with E-state index in [9.17, 15) is 9.90 Å². The van der Waals surface area contributed by atoms with Gasteiger partial charge in [0.25, 0.3) is 0 Å². The van der Waals surface area contributed by atoms with Crippen molar-refractivity contribution in [3.8, 4) is 0 Å². The number of esters is 1. The normalized spacial score (nSPS) is 22.5. The molecule has 0 bridgehead atoms. The Bertz CT molecular complexity index is 376. The second-order valence-corrected chi connectivity index (χ2v) is 7.20. The molecule has 0 saturated carbocycles. The van der Waals surface area contributed by atoms with Gasteiger partial charge in [-0.05, 0) is 26.2 Å². The fraction of sp³-hybridized carbons (Fsp3) is 0.850. The summed E-state index contributed by atoms with van der Waals surface area (Å²) in [5.74, 6) is -0.110. The molecule has 1 saturated heterocycles. The third-order valence-corrected chi connectivity index (χ3v) is 4.65. The van der Waals surface area contributed by atoms with Crippen molar-refractivity contribution in [1.82, 2.24) is 0 Å². The highest BCUT2D eigenvalue weighted by Crippen LogP contribution is 2.30. The van der Waals surface area contributed by atoms with Gasteiger partial charge in [0.1, 0.15) is 6.10 Å². The first-order chi connectivity index (χ1) is 11.5. The summed E-state index contributed by atoms with van der Waals surface area (Å²) in [5, 5.41) is 10.3. The highest BCUT2D eigenvalue weighted by Gasteiger charge is 2.36. The zero-order chi connectivity index (χ0) is 17.8. The lowest BCUT2D eigenvalue weighted by atomic mass is 9.97. The fourth-order valence-corrected chi connectivity index (χ4v) is 2.92. The number of epoxide rings is 1. The summed E-state index contributed by atoms with van der Waals surface area (Å²) in [6, 6.07) is 0. The second-order valence-electron chi connectivity index (χ2n) is 7.20. The molecule has 1 rings (SSSR count). The van der Waals surface area contributed by atoms with Gasteiger partial charge in [0.2, 0.25) is 0 Å². The van der Waals surface area contributed by atoms with E-state index in [4.69, 9.17) is 4.74 Å². The lowest BCUT2D eigenvalue weighted by Crippen LogP contribution is -2.20. The Balaban J connectivity index is 2.00. The summed E-state index contributed by atoms with van der Waals surface area (Å²) in [5.41, 5.74) is -0.703. The molecular formula is C20H36O4. The average molecular weight is 341 g/mol. The molecular weight excluding hydrogens is 304 g/mol. The van der Waals surface area contributed by atoms with Crippen LogP contribution in [0.1, 0.15) is 84.5 Å². The Hall–Kier alpha value is -0.870. The number of rotatable bonds is 14. The first-order valence-corrected chi connectivity index (χ1v) is 9.62.